The van der Waals surface area contributed by atoms with Gasteiger partial charge in [-0.2, -0.15) is 0 Å². The molecule has 4 rings (SSSR count). The van der Waals surface area contributed by atoms with Gasteiger partial charge in [-0.15, -0.1) is 0 Å². The molecule has 2 aromatic carbocycles. The molecule has 6 nitrogen and oxygen atoms in total. The Morgan fingerprint density at radius 3 is 2.47 bits per heavy atom. The number of amides is 2. The predicted molar refractivity (Wildman–Crippen MR) is 112 cm³/mol. The minimum absolute atomic E-state index is 0.0464. The van der Waals surface area contributed by atoms with Crippen molar-refractivity contribution in [3.63, 3.8) is 0 Å². The van der Waals surface area contributed by atoms with Gasteiger partial charge in [-0.1, -0.05) is 24.3 Å². The van der Waals surface area contributed by atoms with Gasteiger partial charge in [0.15, 0.2) is 0 Å². The normalized spacial score (nSPS) is 19.3. The minimum atomic E-state index is -0.520. The summed E-state index contributed by atoms with van der Waals surface area (Å²) in [6, 6.07) is 13.5. The number of piperazine rings is 1. The molecule has 2 heterocycles. The van der Waals surface area contributed by atoms with Crippen molar-refractivity contribution >= 4 is 22.8 Å². The lowest BCUT2D eigenvalue weighted by Crippen LogP contribution is -2.60. The van der Waals surface area contributed by atoms with Gasteiger partial charge in [0.2, 0.25) is 5.91 Å². The molecule has 0 radical (unpaired) electrons. The average molecular weight is 408 g/mol. The molecule has 1 aliphatic rings. The lowest BCUT2D eigenvalue weighted by atomic mass is 10.0. The van der Waals surface area contributed by atoms with Crippen LogP contribution < -0.4 is 0 Å². The first-order chi connectivity index (χ1) is 14.5. The van der Waals surface area contributed by atoms with Crippen LogP contribution in [0.25, 0.3) is 11.0 Å². The molecule has 30 heavy (non-hydrogen) atoms. The summed E-state index contributed by atoms with van der Waals surface area (Å²) in [7, 11) is 0. The largest absolute Gasteiger partial charge is 0.336 e. The van der Waals surface area contributed by atoms with Gasteiger partial charge < -0.3 is 14.4 Å². The molecular formula is C23H25FN4O2. The maximum atomic E-state index is 14.1. The average Bonchev–Trinajstić information content (AvgIpc) is 3.17. The maximum absolute atomic E-state index is 14.1. The Morgan fingerprint density at radius 1 is 1.00 bits per heavy atom. The van der Waals surface area contributed by atoms with Crippen LogP contribution in [0.4, 0.5) is 4.39 Å². The summed E-state index contributed by atoms with van der Waals surface area (Å²) in [6.45, 7) is 5.23. The molecule has 0 bridgehead atoms. The molecule has 0 spiro atoms. The van der Waals surface area contributed by atoms with Crippen LogP contribution in [0.5, 0.6) is 0 Å². The van der Waals surface area contributed by atoms with Crippen molar-refractivity contribution in [3.8, 4) is 0 Å². The second-order valence-corrected chi connectivity index (χ2v) is 7.72. The first-order valence-corrected chi connectivity index (χ1v) is 10.2. The topological polar surface area (TPSA) is 58.4 Å². The summed E-state index contributed by atoms with van der Waals surface area (Å²) < 4.78 is 16.0. The molecule has 1 fully saturated rings. The van der Waals surface area contributed by atoms with Gasteiger partial charge >= 0.3 is 0 Å². The number of rotatable bonds is 4. The molecule has 3 aromatic rings. The SMILES string of the molecule is C[C@@H]1[C@@H](C)N(C(=O)c2ccccc2F)CCN1C(=O)CCn1cnc2ccccc21. The van der Waals surface area contributed by atoms with E-state index in [4.69, 9.17) is 0 Å². The van der Waals surface area contributed by atoms with Gasteiger partial charge in [-0.05, 0) is 38.1 Å². The molecule has 0 N–H and O–H groups in total. The number of halogens is 1. The lowest BCUT2D eigenvalue weighted by molar-refractivity contribution is -0.137. The van der Waals surface area contributed by atoms with E-state index in [9.17, 15) is 14.0 Å². The zero-order valence-corrected chi connectivity index (χ0v) is 17.2. The number of para-hydroxylation sites is 2. The van der Waals surface area contributed by atoms with E-state index in [2.05, 4.69) is 4.98 Å². The van der Waals surface area contributed by atoms with Crippen LogP contribution in [0, 0.1) is 5.82 Å². The highest BCUT2D eigenvalue weighted by molar-refractivity contribution is 5.95. The number of aromatic nitrogens is 2. The first kappa shape index (κ1) is 20.1. The fourth-order valence-electron chi connectivity index (χ4n) is 4.12. The van der Waals surface area contributed by atoms with Crippen molar-refractivity contribution in [1.82, 2.24) is 19.4 Å². The van der Waals surface area contributed by atoms with Crippen LogP contribution in [-0.2, 0) is 11.3 Å². The van der Waals surface area contributed by atoms with Crippen LogP contribution >= 0.6 is 0 Å². The van der Waals surface area contributed by atoms with Gasteiger partial charge in [0, 0.05) is 38.1 Å². The van der Waals surface area contributed by atoms with E-state index in [0.717, 1.165) is 11.0 Å². The molecule has 1 aliphatic heterocycles. The van der Waals surface area contributed by atoms with Crippen LogP contribution in [0.1, 0.15) is 30.6 Å². The Bertz CT molecular complexity index is 1080. The second kappa shape index (κ2) is 8.26. The Balaban J connectivity index is 1.41. The molecule has 2 amide bonds. The Morgan fingerprint density at radius 2 is 1.67 bits per heavy atom. The maximum Gasteiger partial charge on any atom is 0.257 e. The number of benzene rings is 2. The highest BCUT2D eigenvalue weighted by Gasteiger charge is 2.36. The standard InChI is InChI=1S/C23H25FN4O2/c1-16-17(2)28(23(30)18-7-3-4-8-19(18)24)14-13-27(16)22(29)11-12-26-15-25-20-9-5-6-10-21(20)26/h3-10,15-17H,11-14H2,1-2H3/t16-,17-/m1/s1. The number of fused-ring (bicyclic) bond motifs is 1. The molecule has 1 aromatic heterocycles. The number of imidazole rings is 1. The third-order valence-electron chi connectivity index (χ3n) is 6.04. The quantitative estimate of drug-likeness (QED) is 0.665. The highest BCUT2D eigenvalue weighted by atomic mass is 19.1. The van der Waals surface area contributed by atoms with Crippen molar-refractivity contribution in [1.29, 1.82) is 0 Å². The second-order valence-electron chi connectivity index (χ2n) is 7.72. The van der Waals surface area contributed by atoms with E-state index in [1.165, 1.54) is 12.1 Å². The van der Waals surface area contributed by atoms with E-state index in [0.29, 0.717) is 26.1 Å². The van der Waals surface area contributed by atoms with Crippen LogP contribution in [0.2, 0.25) is 0 Å². The van der Waals surface area contributed by atoms with Crippen molar-refractivity contribution in [2.24, 2.45) is 0 Å². The summed E-state index contributed by atoms with van der Waals surface area (Å²) in [5.41, 5.74) is 1.99. The summed E-state index contributed by atoms with van der Waals surface area (Å²) in [6.07, 6.45) is 2.12. The zero-order chi connectivity index (χ0) is 21.3. The molecule has 2 atom stereocenters. The van der Waals surface area contributed by atoms with E-state index in [1.54, 1.807) is 23.4 Å². The summed E-state index contributed by atoms with van der Waals surface area (Å²) in [5.74, 6) is -0.803. The number of hydrogen-bond donors (Lipinski definition) is 0. The Kier molecular flexibility index (Phi) is 5.53. The molecular weight excluding hydrogens is 383 g/mol. The minimum Gasteiger partial charge on any atom is -0.336 e. The summed E-state index contributed by atoms with van der Waals surface area (Å²) >= 11 is 0. The monoisotopic (exact) mass is 408 g/mol. The summed E-state index contributed by atoms with van der Waals surface area (Å²) in [5, 5.41) is 0. The van der Waals surface area contributed by atoms with Gasteiger partial charge in [0.1, 0.15) is 5.82 Å². The highest BCUT2D eigenvalue weighted by Crippen LogP contribution is 2.22. The van der Waals surface area contributed by atoms with Crippen molar-refractivity contribution < 1.29 is 14.0 Å². The third kappa shape index (κ3) is 3.67. The molecule has 7 heteroatoms. The van der Waals surface area contributed by atoms with Gasteiger partial charge in [0.05, 0.1) is 22.9 Å². The van der Waals surface area contributed by atoms with Crippen molar-refractivity contribution in [3.05, 3.63) is 66.2 Å². The molecule has 0 aliphatic carbocycles. The summed E-state index contributed by atoms with van der Waals surface area (Å²) in [4.78, 5) is 33.6. The van der Waals surface area contributed by atoms with Gasteiger partial charge in [-0.25, -0.2) is 9.37 Å². The van der Waals surface area contributed by atoms with Crippen LogP contribution in [-0.4, -0.2) is 56.3 Å². The van der Waals surface area contributed by atoms with Crippen LogP contribution in [0.15, 0.2) is 54.9 Å². The predicted octanol–water partition coefficient (Wildman–Crippen LogP) is 3.33. The first-order valence-electron chi connectivity index (χ1n) is 10.2. The number of aryl methyl sites for hydroxylation is 1. The zero-order valence-electron chi connectivity index (χ0n) is 17.2. The van der Waals surface area contributed by atoms with Crippen LogP contribution in [0.3, 0.4) is 0 Å². The number of hydrogen-bond acceptors (Lipinski definition) is 3. The van der Waals surface area contributed by atoms with E-state index in [1.807, 2.05) is 47.6 Å². The number of nitrogens with zero attached hydrogens (tertiary/aromatic N) is 4. The number of carbonyl (C=O) groups excluding carboxylic acids is 2. The molecule has 1 saturated heterocycles. The van der Waals surface area contributed by atoms with Gasteiger partial charge in [-0.3, -0.25) is 9.59 Å². The fourth-order valence-corrected chi connectivity index (χ4v) is 4.12. The fraction of sp³-hybridized carbons (Fsp3) is 0.348. The lowest BCUT2D eigenvalue weighted by Gasteiger charge is -2.45. The van der Waals surface area contributed by atoms with E-state index in [-0.39, 0.29) is 29.5 Å². The molecule has 0 saturated carbocycles. The smallest absolute Gasteiger partial charge is 0.257 e. The van der Waals surface area contributed by atoms with E-state index >= 15 is 0 Å². The molecule has 0 unspecified atom stereocenters. The molecule has 156 valence electrons. The third-order valence-corrected chi connectivity index (χ3v) is 6.04. The Hall–Kier alpha value is -3.22. The van der Waals surface area contributed by atoms with Crippen molar-refractivity contribution in [2.45, 2.75) is 38.9 Å². The van der Waals surface area contributed by atoms with Gasteiger partial charge in [0.25, 0.3) is 5.91 Å². The van der Waals surface area contributed by atoms with Crippen molar-refractivity contribution in [2.75, 3.05) is 13.1 Å². The Labute approximate surface area is 174 Å². The number of carbonyl (C=O) groups is 2. The van der Waals surface area contributed by atoms with E-state index < -0.39 is 5.82 Å².